The summed E-state index contributed by atoms with van der Waals surface area (Å²) < 4.78 is 9.71. The number of carbonyl (C=O) groups excluding carboxylic acids is 2. The highest BCUT2D eigenvalue weighted by molar-refractivity contribution is 5.91. The summed E-state index contributed by atoms with van der Waals surface area (Å²) in [7, 11) is 0. The predicted octanol–water partition coefficient (Wildman–Crippen LogP) is 0.955. The molecule has 0 saturated carbocycles. The molecule has 0 spiro atoms. The first kappa shape index (κ1) is 19.7. The molecule has 2 N–H and O–H groups in total. The SMILES string of the molecule is C=C(C)C(=O)NCOCC.C=CC(=O)NCOCC. The van der Waals surface area contributed by atoms with Crippen molar-refractivity contribution in [2.45, 2.75) is 20.8 Å². The van der Waals surface area contributed by atoms with E-state index in [0.717, 1.165) is 0 Å². The Balaban J connectivity index is 0. The normalized spacial score (nSPS) is 8.79. The van der Waals surface area contributed by atoms with Gasteiger partial charge in [-0.15, -0.1) is 0 Å². The zero-order valence-corrected chi connectivity index (χ0v) is 12.0. The van der Waals surface area contributed by atoms with Crippen LogP contribution in [0, 0.1) is 0 Å². The minimum Gasteiger partial charge on any atom is -0.362 e. The quantitative estimate of drug-likeness (QED) is 0.392. The van der Waals surface area contributed by atoms with Crippen molar-refractivity contribution in [3.63, 3.8) is 0 Å². The lowest BCUT2D eigenvalue weighted by molar-refractivity contribution is -0.119. The van der Waals surface area contributed by atoms with E-state index in [9.17, 15) is 9.59 Å². The Hall–Kier alpha value is -1.66. The van der Waals surface area contributed by atoms with Gasteiger partial charge in [0.25, 0.3) is 0 Å². The van der Waals surface area contributed by atoms with Crippen LogP contribution < -0.4 is 10.6 Å². The van der Waals surface area contributed by atoms with E-state index in [0.29, 0.717) is 18.8 Å². The summed E-state index contributed by atoms with van der Waals surface area (Å²) in [5.41, 5.74) is 0.500. The number of ether oxygens (including phenoxy) is 2. The number of rotatable bonds is 8. The van der Waals surface area contributed by atoms with Crippen LogP contribution in [0.5, 0.6) is 0 Å². The summed E-state index contributed by atoms with van der Waals surface area (Å²) in [6.07, 6.45) is 1.21. The average Bonchev–Trinajstić information content (AvgIpc) is 2.39. The second kappa shape index (κ2) is 14.4. The number of carbonyl (C=O) groups is 2. The van der Waals surface area contributed by atoms with Crippen molar-refractivity contribution in [2.75, 3.05) is 26.7 Å². The molecule has 19 heavy (non-hydrogen) atoms. The largest absolute Gasteiger partial charge is 0.362 e. The van der Waals surface area contributed by atoms with Crippen molar-refractivity contribution in [3.8, 4) is 0 Å². The lowest BCUT2D eigenvalue weighted by Crippen LogP contribution is -2.26. The maximum absolute atomic E-state index is 10.7. The zero-order valence-electron chi connectivity index (χ0n) is 12.0. The third kappa shape index (κ3) is 16.3. The van der Waals surface area contributed by atoms with Crippen LogP contribution in [0.3, 0.4) is 0 Å². The number of hydrogen-bond acceptors (Lipinski definition) is 4. The monoisotopic (exact) mass is 272 g/mol. The van der Waals surface area contributed by atoms with E-state index in [1.807, 2.05) is 13.8 Å². The molecule has 0 atom stereocenters. The molecule has 110 valence electrons. The van der Waals surface area contributed by atoms with Gasteiger partial charge in [0, 0.05) is 18.8 Å². The van der Waals surface area contributed by atoms with Gasteiger partial charge in [-0.05, 0) is 26.8 Å². The Morgan fingerprint density at radius 2 is 1.58 bits per heavy atom. The molecule has 0 radical (unpaired) electrons. The van der Waals surface area contributed by atoms with Gasteiger partial charge in [-0.3, -0.25) is 9.59 Å². The fourth-order valence-corrected chi connectivity index (χ4v) is 0.666. The molecule has 0 fully saturated rings. The third-order valence-corrected chi connectivity index (χ3v) is 1.66. The van der Waals surface area contributed by atoms with Gasteiger partial charge in [0.05, 0.1) is 0 Å². The van der Waals surface area contributed by atoms with Crippen LogP contribution in [0.4, 0.5) is 0 Å². The number of amides is 2. The Bertz CT molecular complexity index is 290. The molecule has 0 heterocycles. The van der Waals surface area contributed by atoms with E-state index >= 15 is 0 Å². The van der Waals surface area contributed by atoms with Gasteiger partial charge in [-0.2, -0.15) is 0 Å². The fraction of sp³-hybridized carbons (Fsp3) is 0.538. The molecule has 0 aromatic carbocycles. The standard InChI is InChI=1S/C7H13NO2.C6H11NO2/c1-4-10-5-8-7(9)6(2)3;1-3-6(8)7-5-9-4-2/h2,4-5H2,1,3H3,(H,8,9);3H,1,4-5H2,2H3,(H,7,8). The second-order valence-electron chi connectivity index (χ2n) is 3.31. The summed E-state index contributed by atoms with van der Waals surface area (Å²) >= 11 is 0. The molecule has 0 unspecified atom stereocenters. The van der Waals surface area contributed by atoms with Crippen LogP contribution in [0.15, 0.2) is 24.8 Å². The molecule has 0 aliphatic rings. The van der Waals surface area contributed by atoms with Crippen molar-refractivity contribution in [2.24, 2.45) is 0 Å². The van der Waals surface area contributed by atoms with Gasteiger partial charge in [0.15, 0.2) is 0 Å². The van der Waals surface area contributed by atoms with Crippen molar-refractivity contribution in [1.29, 1.82) is 0 Å². The summed E-state index contributed by atoms with van der Waals surface area (Å²) in [4.78, 5) is 21.1. The summed E-state index contributed by atoms with van der Waals surface area (Å²) in [6.45, 7) is 13.9. The molecule has 0 aliphatic carbocycles. The molecule has 0 aromatic rings. The van der Waals surface area contributed by atoms with E-state index < -0.39 is 0 Å². The Morgan fingerprint density at radius 3 is 1.95 bits per heavy atom. The first-order valence-electron chi connectivity index (χ1n) is 5.98. The Labute approximate surface area is 114 Å². The topological polar surface area (TPSA) is 76.7 Å². The molecule has 0 aliphatic heterocycles. The molecule has 6 heteroatoms. The average molecular weight is 272 g/mol. The Kier molecular flexibility index (Phi) is 14.9. The first-order chi connectivity index (χ1) is 8.99. The smallest absolute Gasteiger partial charge is 0.248 e. The predicted molar refractivity (Wildman–Crippen MR) is 74.3 cm³/mol. The first-order valence-corrected chi connectivity index (χ1v) is 5.98. The number of nitrogens with one attached hydrogen (secondary N) is 2. The van der Waals surface area contributed by atoms with Crippen LogP contribution in [0.1, 0.15) is 20.8 Å². The zero-order chi connectivity index (χ0) is 15.1. The molecule has 0 bridgehead atoms. The molecule has 0 aromatic heterocycles. The third-order valence-electron chi connectivity index (χ3n) is 1.66. The van der Waals surface area contributed by atoms with E-state index in [1.54, 1.807) is 6.92 Å². The van der Waals surface area contributed by atoms with Crippen molar-refractivity contribution < 1.29 is 19.1 Å². The molecule has 6 nitrogen and oxygen atoms in total. The van der Waals surface area contributed by atoms with Crippen molar-refractivity contribution in [3.05, 3.63) is 24.8 Å². The van der Waals surface area contributed by atoms with Gasteiger partial charge in [-0.25, -0.2) is 0 Å². The molecule has 0 saturated heterocycles. The fourth-order valence-electron chi connectivity index (χ4n) is 0.666. The van der Waals surface area contributed by atoms with Crippen LogP contribution >= 0.6 is 0 Å². The van der Waals surface area contributed by atoms with Gasteiger partial charge < -0.3 is 20.1 Å². The lowest BCUT2D eigenvalue weighted by Gasteiger charge is -2.02. The van der Waals surface area contributed by atoms with Crippen LogP contribution in [0.25, 0.3) is 0 Å². The highest BCUT2D eigenvalue weighted by atomic mass is 16.5. The van der Waals surface area contributed by atoms with Crippen LogP contribution in [-0.2, 0) is 19.1 Å². The highest BCUT2D eigenvalue weighted by Crippen LogP contribution is 1.84. The summed E-state index contributed by atoms with van der Waals surface area (Å²) in [5, 5.41) is 4.98. The van der Waals surface area contributed by atoms with Gasteiger partial charge in [0.1, 0.15) is 13.5 Å². The van der Waals surface area contributed by atoms with E-state index in [-0.39, 0.29) is 25.3 Å². The maximum Gasteiger partial charge on any atom is 0.248 e. The molecule has 0 rings (SSSR count). The second-order valence-corrected chi connectivity index (χ2v) is 3.31. The maximum atomic E-state index is 10.7. The van der Waals surface area contributed by atoms with E-state index in [4.69, 9.17) is 9.47 Å². The number of hydrogen-bond donors (Lipinski definition) is 2. The van der Waals surface area contributed by atoms with Crippen LogP contribution in [0.2, 0.25) is 0 Å². The minimum atomic E-state index is -0.205. The summed E-state index contributed by atoms with van der Waals surface area (Å²) in [6, 6.07) is 0. The molecule has 2 amide bonds. The Morgan fingerprint density at radius 1 is 1.11 bits per heavy atom. The van der Waals surface area contributed by atoms with Crippen LogP contribution in [-0.4, -0.2) is 38.5 Å². The summed E-state index contributed by atoms with van der Waals surface area (Å²) in [5.74, 6) is -0.364. The van der Waals surface area contributed by atoms with Crippen molar-refractivity contribution >= 4 is 11.8 Å². The van der Waals surface area contributed by atoms with Gasteiger partial charge in [-0.1, -0.05) is 13.2 Å². The van der Waals surface area contributed by atoms with E-state index in [1.165, 1.54) is 6.08 Å². The van der Waals surface area contributed by atoms with E-state index in [2.05, 4.69) is 23.8 Å². The molecular weight excluding hydrogens is 248 g/mol. The minimum absolute atomic E-state index is 0.159. The van der Waals surface area contributed by atoms with Gasteiger partial charge >= 0.3 is 0 Å². The highest BCUT2D eigenvalue weighted by Gasteiger charge is 1.97. The molecular formula is C13H24N2O4. The van der Waals surface area contributed by atoms with Gasteiger partial charge in [0.2, 0.25) is 11.8 Å². The van der Waals surface area contributed by atoms with Crippen molar-refractivity contribution in [1.82, 2.24) is 10.6 Å². The lowest BCUT2D eigenvalue weighted by atomic mass is 10.3.